The van der Waals surface area contributed by atoms with Gasteiger partial charge in [0.25, 0.3) is 5.56 Å². The zero-order chi connectivity index (χ0) is 13.5. The molecule has 0 radical (unpaired) electrons. The minimum absolute atomic E-state index is 0.0868. The van der Waals surface area contributed by atoms with Crippen molar-refractivity contribution < 1.29 is 8.42 Å². The number of para-hydroxylation sites is 1. The first-order valence-electron chi connectivity index (χ1n) is 5.99. The highest BCUT2D eigenvalue weighted by Crippen LogP contribution is 2.15. The Morgan fingerprint density at radius 2 is 2.11 bits per heavy atom. The van der Waals surface area contributed by atoms with Crippen LogP contribution >= 0.6 is 0 Å². The van der Waals surface area contributed by atoms with E-state index in [4.69, 9.17) is 0 Å². The second-order valence-corrected chi connectivity index (χ2v) is 6.90. The summed E-state index contributed by atoms with van der Waals surface area (Å²) in [4.78, 5) is 18.8. The van der Waals surface area contributed by atoms with E-state index in [0.29, 0.717) is 23.3 Å². The van der Waals surface area contributed by atoms with Crippen molar-refractivity contribution in [3.05, 3.63) is 34.6 Å². The van der Waals surface area contributed by atoms with Crippen molar-refractivity contribution >= 4 is 26.7 Å². The van der Waals surface area contributed by atoms with E-state index < -0.39 is 9.84 Å². The first-order valence-corrected chi connectivity index (χ1v) is 7.82. The minimum Gasteiger partial charge on any atom is -0.352 e. The summed E-state index contributed by atoms with van der Waals surface area (Å²) in [5, 5.41) is 3.50. The Bertz CT molecular complexity index is 782. The number of nitrogens with zero attached hydrogens (tertiary/aromatic N) is 1. The van der Waals surface area contributed by atoms with Crippen LogP contribution in [0.15, 0.2) is 29.1 Å². The molecule has 2 aromatic rings. The van der Waals surface area contributed by atoms with Gasteiger partial charge in [0.05, 0.1) is 22.4 Å². The quantitative estimate of drug-likeness (QED) is 0.836. The number of nitrogens with one attached hydrogen (secondary N) is 2. The molecule has 1 aliphatic heterocycles. The number of aromatic amines is 1. The molecule has 0 spiro atoms. The lowest BCUT2D eigenvalue weighted by Gasteiger charge is -2.11. The van der Waals surface area contributed by atoms with E-state index >= 15 is 0 Å². The van der Waals surface area contributed by atoms with E-state index in [2.05, 4.69) is 15.3 Å². The molecule has 1 aromatic heterocycles. The van der Waals surface area contributed by atoms with Gasteiger partial charge in [-0.05, 0) is 18.6 Å². The number of hydrogen-bond donors (Lipinski definition) is 2. The summed E-state index contributed by atoms with van der Waals surface area (Å²) >= 11 is 0. The number of anilines is 1. The highest BCUT2D eigenvalue weighted by atomic mass is 32.2. The third-order valence-corrected chi connectivity index (χ3v) is 4.95. The third kappa shape index (κ3) is 2.46. The summed E-state index contributed by atoms with van der Waals surface area (Å²) in [5.74, 6) is 0.595. The predicted octanol–water partition coefficient (Wildman–Crippen LogP) is 0.522. The summed E-state index contributed by atoms with van der Waals surface area (Å²) in [6.07, 6.45) is 0.541. The number of hydrogen-bond acceptors (Lipinski definition) is 5. The number of aromatic nitrogens is 2. The lowest BCUT2D eigenvalue weighted by atomic mass is 10.2. The van der Waals surface area contributed by atoms with Gasteiger partial charge in [0, 0.05) is 6.04 Å². The van der Waals surface area contributed by atoms with Crippen LogP contribution in [0.25, 0.3) is 10.9 Å². The Morgan fingerprint density at radius 3 is 2.84 bits per heavy atom. The van der Waals surface area contributed by atoms with Crippen molar-refractivity contribution in [1.82, 2.24) is 9.97 Å². The van der Waals surface area contributed by atoms with Gasteiger partial charge in [-0.3, -0.25) is 9.78 Å². The molecule has 1 unspecified atom stereocenters. The molecule has 6 nitrogen and oxygen atoms in total. The largest absolute Gasteiger partial charge is 0.352 e. The summed E-state index contributed by atoms with van der Waals surface area (Å²) in [6.45, 7) is 0. The van der Waals surface area contributed by atoms with E-state index in [1.807, 2.05) is 0 Å². The maximum absolute atomic E-state index is 11.8. The van der Waals surface area contributed by atoms with E-state index in [0.717, 1.165) is 0 Å². The van der Waals surface area contributed by atoms with E-state index in [1.165, 1.54) is 0 Å². The Labute approximate surface area is 109 Å². The van der Waals surface area contributed by atoms with Gasteiger partial charge in [0.2, 0.25) is 5.95 Å². The standard InChI is InChI=1S/C12H13N3O3S/c16-11-9-3-1-2-4-10(9)14-12(15-11)13-8-5-6-19(17,18)7-8/h1-4,8H,5-7H2,(H2,13,14,15,16). The summed E-state index contributed by atoms with van der Waals surface area (Å²) < 4.78 is 22.8. The molecule has 1 saturated heterocycles. The Hall–Kier alpha value is -1.89. The third-order valence-electron chi connectivity index (χ3n) is 3.19. The first kappa shape index (κ1) is 12.2. The second-order valence-electron chi connectivity index (χ2n) is 4.68. The fourth-order valence-corrected chi connectivity index (χ4v) is 3.93. The topological polar surface area (TPSA) is 91.9 Å². The maximum Gasteiger partial charge on any atom is 0.260 e. The van der Waals surface area contributed by atoms with Crippen LogP contribution in [0.2, 0.25) is 0 Å². The number of rotatable bonds is 2. The molecule has 1 fully saturated rings. The van der Waals surface area contributed by atoms with Crippen LogP contribution in [0.4, 0.5) is 5.95 Å². The molecule has 100 valence electrons. The van der Waals surface area contributed by atoms with Crippen molar-refractivity contribution in [1.29, 1.82) is 0 Å². The van der Waals surface area contributed by atoms with E-state index in [1.54, 1.807) is 24.3 Å². The van der Waals surface area contributed by atoms with E-state index in [9.17, 15) is 13.2 Å². The number of fused-ring (bicyclic) bond motifs is 1. The van der Waals surface area contributed by atoms with Crippen molar-refractivity contribution in [2.75, 3.05) is 16.8 Å². The number of sulfone groups is 1. The average molecular weight is 279 g/mol. The fraction of sp³-hybridized carbons (Fsp3) is 0.333. The Morgan fingerprint density at radius 1 is 1.32 bits per heavy atom. The molecular weight excluding hydrogens is 266 g/mol. The van der Waals surface area contributed by atoms with Crippen molar-refractivity contribution in [2.45, 2.75) is 12.5 Å². The monoisotopic (exact) mass is 279 g/mol. The Balaban J connectivity index is 1.92. The summed E-state index contributed by atoms with van der Waals surface area (Å²) in [7, 11) is -2.95. The molecule has 3 rings (SSSR count). The highest BCUT2D eigenvalue weighted by molar-refractivity contribution is 7.91. The normalized spacial score (nSPS) is 21.6. The molecule has 0 bridgehead atoms. The zero-order valence-electron chi connectivity index (χ0n) is 10.1. The highest BCUT2D eigenvalue weighted by Gasteiger charge is 2.28. The molecule has 19 heavy (non-hydrogen) atoms. The molecule has 1 atom stereocenters. The van der Waals surface area contributed by atoms with Crippen LogP contribution in [0.3, 0.4) is 0 Å². The molecule has 0 saturated carbocycles. The lowest BCUT2D eigenvalue weighted by molar-refractivity contribution is 0.602. The SMILES string of the molecule is O=c1[nH]c(NC2CCS(=O)(=O)C2)nc2ccccc12. The van der Waals surface area contributed by atoms with Gasteiger partial charge < -0.3 is 5.32 Å². The molecule has 2 heterocycles. The molecule has 7 heteroatoms. The average Bonchev–Trinajstić information content (AvgIpc) is 2.69. The molecule has 0 aliphatic carbocycles. The fourth-order valence-electron chi connectivity index (χ4n) is 2.26. The minimum atomic E-state index is -2.95. The second kappa shape index (κ2) is 4.34. The van der Waals surface area contributed by atoms with Crippen LogP contribution < -0.4 is 10.9 Å². The van der Waals surface area contributed by atoms with Crippen molar-refractivity contribution in [3.63, 3.8) is 0 Å². The predicted molar refractivity (Wildman–Crippen MR) is 73.0 cm³/mol. The van der Waals surface area contributed by atoms with Gasteiger partial charge in [-0.1, -0.05) is 12.1 Å². The summed E-state index contributed by atoms with van der Waals surface area (Å²) in [6, 6.07) is 6.84. The molecule has 2 N–H and O–H groups in total. The first-order chi connectivity index (χ1) is 9.03. The van der Waals surface area contributed by atoms with E-state index in [-0.39, 0.29) is 23.1 Å². The van der Waals surface area contributed by atoms with Crippen LogP contribution in [-0.4, -0.2) is 35.9 Å². The van der Waals surface area contributed by atoms with Gasteiger partial charge in [-0.25, -0.2) is 13.4 Å². The lowest BCUT2D eigenvalue weighted by Crippen LogP contribution is -2.24. The van der Waals surface area contributed by atoms with Gasteiger partial charge >= 0.3 is 0 Å². The molecule has 1 aliphatic rings. The van der Waals surface area contributed by atoms with Crippen molar-refractivity contribution in [3.8, 4) is 0 Å². The van der Waals surface area contributed by atoms with Crippen LogP contribution in [0, 0.1) is 0 Å². The van der Waals surface area contributed by atoms with Crippen LogP contribution in [-0.2, 0) is 9.84 Å². The Kier molecular flexibility index (Phi) is 2.78. The number of H-pyrrole nitrogens is 1. The molecular formula is C12H13N3O3S. The number of benzene rings is 1. The maximum atomic E-state index is 11.8. The van der Waals surface area contributed by atoms with Crippen molar-refractivity contribution in [2.24, 2.45) is 0 Å². The molecule has 1 aromatic carbocycles. The summed E-state index contributed by atoms with van der Waals surface area (Å²) in [5.41, 5.74) is 0.364. The molecule has 0 amide bonds. The smallest absolute Gasteiger partial charge is 0.260 e. The zero-order valence-corrected chi connectivity index (χ0v) is 10.9. The van der Waals surface area contributed by atoms with Gasteiger partial charge in [0.1, 0.15) is 0 Å². The van der Waals surface area contributed by atoms with Gasteiger partial charge in [-0.15, -0.1) is 0 Å². The van der Waals surface area contributed by atoms with Gasteiger partial charge in [-0.2, -0.15) is 0 Å². The van der Waals surface area contributed by atoms with Crippen LogP contribution in [0.1, 0.15) is 6.42 Å². The van der Waals surface area contributed by atoms with Crippen LogP contribution in [0.5, 0.6) is 0 Å². The van der Waals surface area contributed by atoms with Gasteiger partial charge in [0.15, 0.2) is 9.84 Å².